The average Bonchev–Trinajstić information content (AvgIpc) is 2.95. The van der Waals surface area contributed by atoms with Crippen LogP contribution in [0.2, 0.25) is 0 Å². The van der Waals surface area contributed by atoms with Crippen molar-refractivity contribution in [1.82, 2.24) is 0 Å². The number of rotatable bonds is 3. The lowest BCUT2D eigenvalue weighted by Gasteiger charge is -2.09. The molecular weight excluding hydrogens is 256 g/mol. The van der Waals surface area contributed by atoms with Crippen molar-refractivity contribution in [1.29, 1.82) is 0 Å². The van der Waals surface area contributed by atoms with E-state index in [0.29, 0.717) is 17.9 Å². The van der Waals surface area contributed by atoms with Crippen molar-refractivity contribution < 1.29 is 19.0 Å². The molecule has 0 aromatic heterocycles. The molecule has 0 bridgehead atoms. The molecular formula is C16H14O4. The maximum atomic E-state index is 12.0. The molecule has 0 saturated carbocycles. The molecule has 0 saturated heterocycles. The van der Waals surface area contributed by atoms with Gasteiger partial charge in [0.25, 0.3) is 0 Å². The molecule has 3 rings (SSSR count). The van der Waals surface area contributed by atoms with Crippen LogP contribution in [0.25, 0.3) is 11.1 Å². The number of carbonyl (C=O) groups is 1. The van der Waals surface area contributed by atoms with Crippen LogP contribution in [0.5, 0.6) is 11.5 Å². The van der Waals surface area contributed by atoms with Gasteiger partial charge in [-0.3, -0.25) is 0 Å². The Hall–Kier alpha value is -2.49. The number of carbonyl (C=O) groups excluding carboxylic acids is 1. The fraction of sp³-hybridized carbons (Fsp3) is 0.188. The molecule has 2 aromatic carbocycles. The Labute approximate surface area is 116 Å². The molecule has 1 aliphatic rings. The Bertz CT molecular complexity index is 649. The van der Waals surface area contributed by atoms with Crippen molar-refractivity contribution >= 4 is 5.97 Å². The highest BCUT2D eigenvalue weighted by molar-refractivity contribution is 5.97. The summed E-state index contributed by atoms with van der Waals surface area (Å²) in [6.07, 6.45) is 0. The number of benzene rings is 2. The number of fused-ring (bicyclic) bond motifs is 1. The van der Waals surface area contributed by atoms with Crippen LogP contribution in [0.1, 0.15) is 17.3 Å². The van der Waals surface area contributed by atoms with Gasteiger partial charge in [-0.05, 0) is 36.2 Å². The van der Waals surface area contributed by atoms with E-state index in [9.17, 15) is 4.79 Å². The molecule has 0 atom stereocenters. The Kier molecular flexibility index (Phi) is 3.29. The first kappa shape index (κ1) is 12.5. The van der Waals surface area contributed by atoms with Gasteiger partial charge >= 0.3 is 5.97 Å². The Morgan fingerprint density at radius 1 is 1.15 bits per heavy atom. The summed E-state index contributed by atoms with van der Waals surface area (Å²) in [6, 6.07) is 13.0. The van der Waals surface area contributed by atoms with Gasteiger partial charge in [0.1, 0.15) is 0 Å². The number of hydrogen-bond donors (Lipinski definition) is 0. The standard InChI is InChI=1S/C16H14O4/c1-2-18-16(17)13-6-4-3-5-12(13)11-7-8-14-15(9-11)20-10-19-14/h3-9H,2,10H2,1H3. The summed E-state index contributed by atoms with van der Waals surface area (Å²) >= 11 is 0. The summed E-state index contributed by atoms with van der Waals surface area (Å²) in [5, 5.41) is 0. The van der Waals surface area contributed by atoms with Crippen LogP contribution in [-0.4, -0.2) is 19.4 Å². The fourth-order valence-electron chi connectivity index (χ4n) is 2.19. The number of esters is 1. The van der Waals surface area contributed by atoms with Crippen molar-refractivity contribution in [3.63, 3.8) is 0 Å². The summed E-state index contributed by atoms with van der Waals surface area (Å²) < 4.78 is 15.7. The zero-order chi connectivity index (χ0) is 13.9. The molecule has 20 heavy (non-hydrogen) atoms. The minimum atomic E-state index is -0.319. The maximum absolute atomic E-state index is 12.0. The van der Waals surface area contributed by atoms with Crippen LogP contribution >= 0.6 is 0 Å². The highest BCUT2D eigenvalue weighted by Gasteiger charge is 2.17. The Morgan fingerprint density at radius 2 is 1.95 bits per heavy atom. The van der Waals surface area contributed by atoms with Gasteiger partial charge in [-0.2, -0.15) is 0 Å². The van der Waals surface area contributed by atoms with Gasteiger partial charge in [-0.25, -0.2) is 4.79 Å². The second-order valence-corrected chi connectivity index (χ2v) is 4.33. The lowest BCUT2D eigenvalue weighted by atomic mass is 9.99. The van der Waals surface area contributed by atoms with Crippen LogP contribution in [0.3, 0.4) is 0 Å². The van der Waals surface area contributed by atoms with Crippen LogP contribution in [0.15, 0.2) is 42.5 Å². The predicted molar refractivity (Wildman–Crippen MR) is 74.0 cm³/mol. The number of hydrogen-bond acceptors (Lipinski definition) is 4. The van der Waals surface area contributed by atoms with E-state index >= 15 is 0 Å². The van der Waals surface area contributed by atoms with E-state index in [1.807, 2.05) is 36.4 Å². The third-order valence-corrected chi connectivity index (χ3v) is 3.11. The molecule has 0 aliphatic carbocycles. The first-order valence-electron chi connectivity index (χ1n) is 6.46. The van der Waals surface area contributed by atoms with Gasteiger partial charge in [0.05, 0.1) is 12.2 Å². The van der Waals surface area contributed by atoms with E-state index in [1.165, 1.54) is 0 Å². The summed E-state index contributed by atoms with van der Waals surface area (Å²) in [4.78, 5) is 12.0. The Morgan fingerprint density at radius 3 is 2.80 bits per heavy atom. The second kappa shape index (κ2) is 5.25. The highest BCUT2D eigenvalue weighted by Crippen LogP contribution is 2.36. The SMILES string of the molecule is CCOC(=O)c1ccccc1-c1ccc2c(c1)OCO2. The summed E-state index contributed by atoms with van der Waals surface area (Å²) in [7, 11) is 0. The molecule has 0 fully saturated rings. The number of ether oxygens (including phenoxy) is 3. The normalized spacial score (nSPS) is 12.2. The molecule has 4 nitrogen and oxygen atoms in total. The van der Waals surface area contributed by atoms with E-state index in [2.05, 4.69) is 0 Å². The third kappa shape index (κ3) is 2.20. The second-order valence-electron chi connectivity index (χ2n) is 4.33. The first-order chi connectivity index (χ1) is 9.79. The van der Waals surface area contributed by atoms with Gasteiger partial charge in [-0.15, -0.1) is 0 Å². The molecule has 0 N–H and O–H groups in total. The summed E-state index contributed by atoms with van der Waals surface area (Å²) in [6.45, 7) is 2.38. The fourth-order valence-corrected chi connectivity index (χ4v) is 2.19. The van der Waals surface area contributed by atoms with E-state index in [4.69, 9.17) is 14.2 Å². The summed E-state index contributed by atoms with van der Waals surface area (Å²) in [5.41, 5.74) is 2.27. The van der Waals surface area contributed by atoms with Crippen LogP contribution in [-0.2, 0) is 4.74 Å². The zero-order valence-electron chi connectivity index (χ0n) is 11.1. The lowest BCUT2D eigenvalue weighted by molar-refractivity contribution is 0.0527. The van der Waals surface area contributed by atoms with Crippen molar-refractivity contribution in [2.24, 2.45) is 0 Å². The van der Waals surface area contributed by atoms with Gasteiger partial charge in [0.15, 0.2) is 11.5 Å². The van der Waals surface area contributed by atoms with E-state index < -0.39 is 0 Å². The van der Waals surface area contributed by atoms with Crippen molar-refractivity contribution in [3.8, 4) is 22.6 Å². The van der Waals surface area contributed by atoms with Gasteiger partial charge in [0, 0.05) is 0 Å². The van der Waals surface area contributed by atoms with E-state index in [1.54, 1.807) is 13.0 Å². The minimum Gasteiger partial charge on any atom is -0.462 e. The van der Waals surface area contributed by atoms with Gasteiger partial charge in [0.2, 0.25) is 6.79 Å². The predicted octanol–water partition coefficient (Wildman–Crippen LogP) is 3.26. The third-order valence-electron chi connectivity index (χ3n) is 3.11. The molecule has 0 radical (unpaired) electrons. The van der Waals surface area contributed by atoms with Gasteiger partial charge < -0.3 is 14.2 Å². The van der Waals surface area contributed by atoms with Gasteiger partial charge in [-0.1, -0.05) is 24.3 Å². The van der Waals surface area contributed by atoms with Crippen molar-refractivity contribution in [2.45, 2.75) is 6.92 Å². The molecule has 1 aliphatic heterocycles. The molecule has 1 heterocycles. The summed E-state index contributed by atoms with van der Waals surface area (Å²) in [5.74, 6) is 1.10. The first-order valence-corrected chi connectivity index (χ1v) is 6.46. The average molecular weight is 270 g/mol. The quantitative estimate of drug-likeness (QED) is 0.803. The molecule has 0 amide bonds. The topological polar surface area (TPSA) is 44.8 Å². The van der Waals surface area contributed by atoms with E-state index in [-0.39, 0.29) is 12.8 Å². The molecule has 0 unspecified atom stereocenters. The Balaban J connectivity index is 2.04. The molecule has 0 spiro atoms. The minimum absolute atomic E-state index is 0.234. The molecule has 4 heteroatoms. The van der Waals surface area contributed by atoms with Crippen molar-refractivity contribution in [3.05, 3.63) is 48.0 Å². The largest absolute Gasteiger partial charge is 0.462 e. The monoisotopic (exact) mass is 270 g/mol. The molecule has 2 aromatic rings. The molecule has 102 valence electrons. The maximum Gasteiger partial charge on any atom is 0.338 e. The highest BCUT2D eigenvalue weighted by atomic mass is 16.7. The van der Waals surface area contributed by atoms with Crippen LogP contribution in [0.4, 0.5) is 0 Å². The lowest BCUT2D eigenvalue weighted by Crippen LogP contribution is -2.06. The van der Waals surface area contributed by atoms with Crippen LogP contribution < -0.4 is 9.47 Å². The smallest absolute Gasteiger partial charge is 0.338 e. The van der Waals surface area contributed by atoms with Crippen LogP contribution in [0, 0.1) is 0 Å². The zero-order valence-corrected chi connectivity index (χ0v) is 11.1. The van der Waals surface area contributed by atoms with Crippen molar-refractivity contribution in [2.75, 3.05) is 13.4 Å². The van der Waals surface area contributed by atoms with E-state index in [0.717, 1.165) is 16.9 Å².